The summed E-state index contributed by atoms with van der Waals surface area (Å²) in [6.07, 6.45) is 6.85. The maximum Gasteiger partial charge on any atom is 0.244 e. The van der Waals surface area contributed by atoms with Crippen LogP contribution < -0.4 is 16.0 Å². The van der Waals surface area contributed by atoms with Gasteiger partial charge in [0.15, 0.2) is 0 Å². The summed E-state index contributed by atoms with van der Waals surface area (Å²) in [5, 5.41) is 0. The highest BCUT2D eigenvalue weighted by atomic mass is 32.2. The predicted molar refractivity (Wildman–Crippen MR) is 71.4 cm³/mol. The Balaban J connectivity index is 2.63. The standard InChI is InChI=1S/C11H20N4O2S/c1-2-3-4-5-7-14-18(16,17)11-9-13-8-6-10(11)15-12/h6,8-9,14H,2-5,7,12H2,1H3,(H,13,15). The Kier molecular flexibility index (Phi) is 6.03. The van der Waals surface area contributed by atoms with E-state index in [-0.39, 0.29) is 4.90 Å². The van der Waals surface area contributed by atoms with Crippen molar-refractivity contribution in [2.75, 3.05) is 12.0 Å². The third kappa shape index (κ3) is 4.25. The van der Waals surface area contributed by atoms with E-state index in [0.29, 0.717) is 12.2 Å². The predicted octanol–water partition coefficient (Wildman–Crippen LogP) is 1.23. The van der Waals surface area contributed by atoms with Gasteiger partial charge in [0.2, 0.25) is 10.0 Å². The normalized spacial score (nSPS) is 11.4. The van der Waals surface area contributed by atoms with Crippen molar-refractivity contribution in [2.45, 2.75) is 37.5 Å². The van der Waals surface area contributed by atoms with E-state index in [0.717, 1.165) is 25.7 Å². The van der Waals surface area contributed by atoms with E-state index in [9.17, 15) is 8.42 Å². The number of nitrogens with one attached hydrogen (secondary N) is 2. The van der Waals surface area contributed by atoms with Gasteiger partial charge in [-0.25, -0.2) is 13.1 Å². The molecule has 1 aromatic heterocycles. The van der Waals surface area contributed by atoms with Crippen LogP contribution in [0.5, 0.6) is 0 Å². The van der Waals surface area contributed by atoms with Crippen molar-refractivity contribution in [2.24, 2.45) is 5.84 Å². The van der Waals surface area contributed by atoms with Gasteiger partial charge in [-0.3, -0.25) is 10.8 Å². The second-order valence-corrected chi connectivity index (χ2v) is 5.71. The number of pyridine rings is 1. The fraction of sp³-hybridized carbons (Fsp3) is 0.545. The van der Waals surface area contributed by atoms with Crippen LogP contribution in [0.4, 0.5) is 5.69 Å². The highest BCUT2D eigenvalue weighted by Gasteiger charge is 2.17. The number of hydrogen-bond donors (Lipinski definition) is 3. The van der Waals surface area contributed by atoms with Gasteiger partial charge in [-0.1, -0.05) is 26.2 Å². The highest BCUT2D eigenvalue weighted by molar-refractivity contribution is 7.89. The molecule has 0 amide bonds. The van der Waals surface area contributed by atoms with Crippen LogP contribution >= 0.6 is 0 Å². The average Bonchev–Trinajstić information content (AvgIpc) is 2.38. The molecule has 1 aromatic rings. The van der Waals surface area contributed by atoms with E-state index in [1.807, 2.05) is 0 Å². The number of sulfonamides is 1. The zero-order chi connectivity index (χ0) is 13.4. The zero-order valence-electron chi connectivity index (χ0n) is 10.5. The van der Waals surface area contributed by atoms with Gasteiger partial charge in [-0.2, -0.15) is 0 Å². The number of nitrogen functional groups attached to an aromatic ring is 1. The molecule has 0 fully saturated rings. The van der Waals surface area contributed by atoms with Gasteiger partial charge < -0.3 is 5.43 Å². The summed E-state index contributed by atoms with van der Waals surface area (Å²) in [6.45, 7) is 2.54. The van der Waals surface area contributed by atoms with Crippen LogP contribution in [0, 0.1) is 0 Å². The van der Waals surface area contributed by atoms with Crippen LogP contribution in [0.15, 0.2) is 23.4 Å². The number of nitrogens with zero attached hydrogens (tertiary/aromatic N) is 1. The van der Waals surface area contributed by atoms with Crippen molar-refractivity contribution >= 4 is 15.7 Å². The number of nitrogens with two attached hydrogens (primary N) is 1. The molecule has 0 aliphatic rings. The molecule has 0 aliphatic carbocycles. The average molecular weight is 272 g/mol. The lowest BCUT2D eigenvalue weighted by molar-refractivity contribution is 0.573. The Morgan fingerprint density at radius 1 is 1.33 bits per heavy atom. The lowest BCUT2D eigenvalue weighted by atomic mass is 10.2. The lowest BCUT2D eigenvalue weighted by Crippen LogP contribution is -2.26. The molecule has 0 bridgehead atoms. The van der Waals surface area contributed by atoms with Crippen molar-refractivity contribution in [3.8, 4) is 0 Å². The van der Waals surface area contributed by atoms with Gasteiger partial charge in [-0.15, -0.1) is 0 Å². The molecule has 18 heavy (non-hydrogen) atoms. The minimum atomic E-state index is -3.55. The molecule has 0 aromatic carbocycles. The topological polar surface area (TPSA) is 97.1 Å². The van der Waals surface area contributed by atoms with E-state index in [2.05, 4.69) is 22.1 Å². The Hall–Kier alpha value is -1.18. The summed E-state index contributed by atoms with van der Waals surface area (Å²) >= 11 is 0. The molecule has 0 radical (unpaired) electrons. The molecule has 1 rings (SSSR count). The van der Waals surface area contributed by atoms with Crippen LogP contribution in [-0.2, 0) is 10.0 Å². The second-order valence-electron chi connectivity index (χ2n) is 3.97. The minimum Gasteiger partial charge on any atom is -0.323 e. The third-order valence-electron chi connectivity index (χ3n) is 2.55. The Morgan fingerprint density at radius 3 is 2.78 bits per heavy atom. The third-order valence-corrected chi connectivity index (χ3v) is 4.04. The molecule has 1 heterocycles. The number of anilines is 1. The number of aromatic nitrogens is 1. The summed E-state index contributed by atoms with van der Waals surface area (Å²) in [5.41, 5.74) is 2.69. The zero-order valence-corrected chi connectivity index (χ0v) is 11.3. The van der Waals surface area contributed by atoms with Crippen molar-refractivity contribution in [1.82, 2.24) is 9.71 Å². The second kappa shape index (κ2) is 7.30. The van der Waals surface area contributed by atoms with E-state index < -0.39 is 10.0 Å². The lowest BCUT2D eigenvalue weighted by Gasteiger charge is -2.10. The fourth-order valence-electron chi connectivity index (χ4n) is 1.55. The largest absolute Gasteiger partial charge is 0.323 e. The first kappa shape index (κ1) is 14.9. The van der Waals surface area contributed by atoms with Crippen LogP contribution in [0.3, 0.4) is 0 Å². The molecule has 6 nitrogen and oxygen atoms in total. The van der Waals surface area contributed by atoms with Crippen molar-refractivity contribution in [3.63, 3.8) is 0 Å². The van der Waals surface area contributed by atoms with Gasteiger partial charge in [0, 0.05) is 18.9 Å². The minimum absolute atomic E-state index is 0.0722. The maximum absolute atomic E-state index is 12.0. The molecule has 7 heteroatoms. The number of hydrogen-bond acceptors (Lipinski definition) is 5. The summed E-state index contributed by atoms with van der Waals surface area (Å²) in [4.78, 5) is 3.87. The van der Waals surface area contributed by atoms with Gasteiger partial charge in [0.25, 0.3) is 0 Å². The molecule has 0 unspecified atom stereocenters. The van der Waals surface area contributed by atoms with E-state index in [1.165, 1.54) is 18.5 Å². The van der Waals surface area contributed by atoms with Crippen LogP contribution in [0.2, 0.25) is 0 Å². The summed E-state index contributed by atoms with van der Waals surface area (Å²) in [7, 11) is -3.55. The molecule has 4 N–H and O–H groups in total. The number of rotatable bonds is 8. The smallest absolute Gasteiger partial charge is 0.244 e. The van der Waals surface area contributed by atoms with Crippen molar-refractivity contribution in [1.29, 1.82) is 0 Å². The van der Waals surface area contributed by atoms with Gasteiger partial charge in [0.05, 0.1) is 5.69 Å². The Morgan fingerprint density at radius 2 is 2.11 bits per heavy atom. The first-order valence-electron chi connectivity index (χ1n) is 6.02. The fourth-order valence-corrected chi connectivity index (χ4v) is 2.73. The quantitative estimate of drug-likeness (QED) is 0.375. The molecular formula is C11H20N4O2S. The van der Waals surface area contributed by atoms with Gasteiger partial charge in [0.1, 0.15) is 4.90 Å². The Labute approximate surface area is 108 Å². The van der Waals surface area contributed by atoms with Crippen LogP contribution in [-0.4, -0.2) is 19.9 Å². The molecular weight excluding hydrogens is 252 g/mol. The number of hydrazine groups is 1. The molecule has 0 atom stereocenters. The first-order valence-corrected chi connectivity index (χ1v) is 7.50. The summed E-state index contributed by atoms with van der Waals surface area (Å²) < 4.78 is 26.5. The molecule has 0 aliphatic heterocycles. The SMILES string of the molecule is CCCCCCNS(=O)(=O)c1cnccc1NN. The number of unbranched alkanes of at least 4 members (excludes halogenated alkanes) is 3. The first-order chi connectivity index (χ1) is 8.61. The monoisotopic (exact) mass is 272 g/mol. The maximum atomic E-state index is 12.0. The molecule has 0 spiro atoms. The molecule has 0 saturated carbocycles. The summed E-state index contributed by atoms with van der Waals surface area (Å²) in [6, 6.07) is 1.52. The highest BCUT2D eigenvalue weighted by Crippen LogP contribution is 2.17. The van der Waals surface area contributed by atoms with E-state index in [4.69, 9.17) is 5.84 Å². The Bertz CT molecular complexity index is 462. The summed E-state index contributed by atoms with van der Waals surface area (Å²) in [5.74, 6) is 5.27. The van der Waals surface area contributed by atoms with E-state index in [1.54, 1.807) is 0 Å². The van der Waals surface area contributed by atoms with Crippen molar-refractivity contribution < 1.29 is 8.42 Å². The van der Waals surface area contributed by atoms with Crippen molar-refractivity contribution in [3.05, 3.63) is 18.5 Å². The van der Waals surface area contributed by atoms with Gasteiger partial charge >= 0.3 is 0 Å². The molecule has 102 valence electrons. The van der Waals surface area contributed by atoms with Gasteiger partial charge in [-0.05, 0) is 12.5 Å². The van der Waals surface area contributed by atoms with E-state index >= 15 is 0 Å². The molecule has 0 saturated heterocycles. The van der Waals surface area contributed by atoms with Crippen LogP contribution in [0.1, 0.15) is 32.6 Å². The van der Waals surface area contributed by atoms with Crippen LogP contribution in [0.25, 0.3) is 0 Å².